The Kier molecular flexibility index (Phi) is 12.3. The summed E-state index contributed by atoms with van der Waals surface area (Å²) in [6, 6.07) is 9.58. The molecule has 1 aliphatic carbocycles. The maximum absolute atomic E-state index is 13.8. The highest BCUT2D eigenvalue weighted by Gasteiger charge is 2.34. The fourth-order valence-electron chi connectivity index (χ4n) is 4.33. The summed E-state index contributed by atoms with van der Waals surface area (Å²) in [5.74, 6) is -0.0666. The largest absolute Gasteiger partial charge is 0.351 e. The van der Waals surface area contributed by atoms with Crippen LogP contribution in [-0.2, 0) is 25.5 Å². The van der Waals surface area contributed by atoms with Crippen LogP contribution < -0.4 is 11.1 Å². The lowest BCUT2D eigenvalue weighted by molar-refractivity contribution is -0.161. The van der Waals surface area contributed by atoms with E-state index in [0.717, 1.165) is 37.7 Å². The molecule has 1 atom stereocenters. The SMILES string of the molecule is CCOC(CN(CCc1ccccc1)C(=O)[C@@H](NC(=O)CCN)C1CCCCC1)OCC. The highest BCUT2D eigenvalue weighted by atomic mass is 16.7. The molecular formula is C25H41N3O4. The number of carbonyl (C=O) groups excluding carboxylic acids is 2. The van der Waals surface area contributed by atoms with Crippen molar-refractivity contribution in [3.63, 3.8) is 0 Å². The predicted octanol–water partition coefficient (Wildman–Crippen LogP) is 2.87. The predicted molar refractivity (Wildman–Crippen MR) is 126 cm³/mol. The minimum Gasteiger partial charge on any atom is -0.351 e. The second kappa shape index (κ2) is 15.0. The zero-order chi connectivity index (χ0) is 23.2. The second-order valence-electron chi connectivity index (χ2n) is 8.34. The number of rotatable bonds is 14. The molecule has 7 nitrogen and oxygen atoms in total. The van der Waals surface area contributed by atoms with Gasteiger partial charge in [-0.1, -0.05) is 49.6 Å². The van der Waals surface area contributed by atoms with Gasteiger partial charge in [-0.05, 0) is 44.6 Å². The molecule has 32 heavy (non-hydrogen) atoms. The van der Waals surface area contributed by atoms with Gasteiger partial charge < -0.3 is 25.4 Å². The third kappa shape index (κ3) is 8.88. The maximum atomic E-state index is 13.8. The van der Waals surface area contributed by atoms with Gasteiger partial charge in [-0.15, -0.1) is 0 Å². The highest BCUT2D eigenvalue weighted by Crippen LogP contribution is 2.28. The average Bonchev–Trinajstić information content (AvgIpc) is 2.81. The highest BCUT2D eigenvalue weighted by molar-refractivity contribution is 5.88. The number of nitrogens with one attached hydrogen (secondary N) is 1. The Morgan fingerprint density at radius 1 is 1.09 bits per heavy atom. The molecule has 0 spiro atoms. The van der Waals surface area contributed by atoms with Crippen molar-refractivity contribution in [1.29, 1.82) is 0 Å². The van der Waals surface area contributed by atoms with Crippen LogP contribution in [0.15, 0.2) is 30.3 Å². The first-order valence-corrected chi connectivity index (χ1v) is 12.1. The van der Waals surface area contributed by atoms with Gasteiger partial charge in [0.2, 0.25) is 11.8 Å². The van der Waals surface area contributed by atoms with Crippen LogP contribution in [0.5, 0.6) is 0 Å². The third-order valence-corrected chi connectivity index (χ3v) is 5.97. The molecule has 180 valence electrons. The van der Waals surface area contributed by atoms with Crippen LogP contribution in [0.2, 0.25) is 0 Å². The number of amides is 2. The van der Waals surface area contributed by atoms with Crippen molar-refractivity contribution in [2.45, 2.75) is 71.1 Å². The molecule has 0 heterocycles. The van der Waals surface area contributed by atoms with Crippen LogP contribution >= 0.6 is 0 Å². The minimum absolute atomic E-state index is 0.0531. The van der Waals surface area contributed by atoms with Crippen LogP contribution in [0, 0.1) is 5.92 Å². The summed E-state index contributed by atoms with van der Waals surface area (Å²) in [6.45, 7) is 5.99. The first-order valence-electron chi connectivity index (χ1n) is 12.1. The summed E-state index contributed by atoms with van der Waals surface area (Å²) in [5, 5.41) is 3.01. The average molecular weight is 448 g/mol. The Labute approximate surface area is 193 Å². The summed E-state index contributed by atoms with van der Waals surface area (Å²) in [5.41, 5.74) is 6.74. The summed E-state index contributed by atoms with van der Waals surface area (Å²) < 4.78 is 11.5. The fourth-order valence-corrected chi connectivity index (χ4v) is 4.33. The molecular weight excluding hydrogens is 406 g/mol. The lowest BCUT2D eigenvalue weighted by atomic mass is 9.83. The van der Waals surface area contributed by atoms with Gasteiger partial charge >= 0.3 is 0 Å². The minimum atomic E-state index is -0.533. The van der Waals surface area contributed by atoms with Gasteiger partial charge in [0.05, 0.1) is 6.54 Å². The first kappa shape index (κ1) is 26.3. The van der Waals surface area contributed by atoms with E-state index in [1.165, 1.54) is 6.42 Å². The van der Waals surface area contributed by atoms with Crippen molar-refractivity contribution in [2.75, 3.05) is 32.8 Å². The van der Waals surface area contributed by atoms with Crippen molar-refractivity contribution in [3.8, 4) is 0 Å². The normalized spacial score (nSPS) is 15.5. The monoisotopic (exact) mass is 447 g/mol. The molecule has 0 bridgehead atoms. The van der Waals surface area contributed by atoms with E-state index in [9.17, 15) is 9.59 Å². The molecule has 2 amide bonds. The van der Waals surface area contributed by atoms with Gasteiger partial charge in [0.15, 0.2) is 6.29 Å². The smallest absolute Gasteiger partial charge is 0.245 e. The Hall–Kier alpha value is -1.96. The number of hydrogen-bond acceptors (Lipinski definition) is 5. The Balaban J connectivity index is 2.21. The number of carbonyl (C=O) groups is 2. The van der Waals surface area contributed by atoms with Crippen LogP contribution in [0.4, 0.5) is 0 Å². The van der Waals surface area contributed by atoms with Gasteiger partial charge in [-0.2, -0.15) is 0 Å². The zero-order valence-corrected chi connectivity index (χ0v) is 19.8. The molecule has 1 fully saturated rings. The molecule has 0 unspecified atom stereocenters. The molecule has 1 aliphatic rings. The maximum Gasteiger partial charge on any atom is 0.245 e. The lowest BCUT2D eigenvalue weighted by Crippen LogP contribution is -2.55. The second-order valence-corrected chi connectivity index (χ2v) is 8.34. The standard InChI is InChI=1S/C25H41N3O4/c1-3-31-23(32-4-2)19-28(18-16-20-11-7-5-8-12-20)25(30)24(27-22(29)15-17-26)21-13-9-6-10-14-21/h5,7-8,11-12,21,23-24H,3-4,6,9-10,13-19,26H2,1-2H3,(H,27,29)/t24-/m0/s1. The van der Waals surface area contributed by atoms with E-state index in [4.69, 9.17) is 15.2 Å². The Morgan fingerprint density at radius 3 is 2.34 bits per heavy atom. The van der Waals surface area contributed by atoms with Crippen LogP contribution in [0.25, 0.3) is 0 Å². The molecule has 1 aromatic rings. The number of benzene rings is 1. The summed E-state index contributed by atoms with van der Waals surface area (Å²) in [4.78, 5) is 28.0. The van der Waals surface area contributed by atoms with E-state index in [1.54, 1.807) is 0 Å². The summed E-state index contributed by atoms with van der Waals surface area (Å²) in [6.07, 6.45) is 5.72. The third-order valence-electron chi connectivity index (χ3n) is 5.97. The van der Waals surface area contributed by atoms with Crippen LogP contribution in [0.3, 0.4) is 0 Å². The van der Waals surface area contributed by atoms with E-state index in [1.807, 2.05) is 36.9 Å². The van der Waals surface area contributed by atoms with Crippen molar-refractivity contribution >= 4 is 11.8 Å². The number of hydrogen-bond donors (Lipinski definition) is 2. The molecule has 0 aliphatic heterocycles. The van der Waals surface area contributed by atoms with Crippen molar-refractivity contribution < 1.29 is 19.1 Å². The van der Waals surface area contributed by atoms with Crippen LogP contribution in [0.1, 0.15) is 57.9 Å². The zero-order valence-electron chi connectivity index (χ0n) is 19.8. The molecule has 7 heteroatoms. The van der Waals surface area contributed by atoms with E-state index >= 15 is 0 Å². The van der Waals surface area contributed by atoms with Gasteiger partial charge in [0.25, 0.3) is 0 Å². The topological polar surface area (TPSA) is 93.9 Å². The number of ether oxygens (including phenoxy) is 2. The molecule has 0 radical (unpaired) electrons. The fraction of sp³-hybridized carbons (Fsp3) is 0.680. The molecule has 2 rings (SSSR count). The summed E-state index contributed by atoms with van der Waals surface area (Å²) in [7, 11) is 0. The van der Waals surface area contributed by atoms with Crippen molar-refractivity contribution in [2.24, 2.45) is 11.7 Å². The van der Waals surface area contributed by atoms with Crippen LogP contribution in [-0.4, -0.2) is 61.9 Å². The van der Waals surface area contributed by atoms with E-state index in [0.29, 0.717) is 26.3 Å². The van der Waals surface area contributed by atoms with Crippen molar-refractivity contribution in [1.82, 2.24) is 10.2 Å². The lowest BCUT2D eigenvalue weighted by Gasteiger charge is -2.35. The molecule has 1 aromatic carbocycles. The van der Waals surface area contributed by atoms with Gasteiger partial charge in [-0.25, -0.2) is 0 Å². The van der Waals surface area contributed by atoms with Gasteiger partial charge in [-0.3, -0.25) is 9.59 Å². The van der Waals surface area contributed by atoms with Crippen molar-refractivity contribution in [3.05, 3.63) is 35.9 Å². The van der Waals surface area contributed by atoms with Gasteiger partial charge in [0, 0.05) is 32.7 Å². The molecule has 0 aromatic heterocycles. The Bertz CT molecular complexity index is 658. The quantitative estimate of drug-likeness (QED) is 0.428. The first-order chi connectivity index (χ1) is 15.6. The number of nitrogens with two attached hydrogens (primary N) is 1. The summed E-state index contributed by atoms with van der Waals surface area (Å²) >= 11 is 0. The van der Waals surface area contributed by atoms with E-state index < -0.39 is 12.3 Å². The van der Waals surface area contributed by atoms with Gasteiger partial charge in [0.1, 0.15) is 6.04 Å². The molecule has 0 saturated heterocycles. The molecule has 1 saturated carbocycles. The van der Waals surface area contributed by atoms with E-state index in [-0.39, 0.29) is 30.7 Å². The number of nitrogens with zero attached hydrogens (tertiary/aromatic N) is 1. The van der Waals surface area contributed by atoms with E-state index in [2.05, 4.69) is 17.4 Å². The Morgan fingerprint density at radius 2 is 1.75 bits per heavy atom. The molecule has 3 N–H and O–H groups in total.